The molecule has 3 heterocycles. The van der Waals surface area contributed by atoms with Gasteiger partial charge in [0.2, 0.25) is 0 Å². The number of hydrogen-bond acceptors (Lipinski definition) is 3. The lowest BCUT2D eigenvalue weighted by Gasteiger charge is -2.24. The first-order valence-corrected chi connectivity index (χ1v) is 8.29. The highest BCUT2D eigenvalue weighted by molar-refractivity contribution is 6.04. The van der Waals surface area contributed by atoms with Crippen molar-refractivity contribution in [1.82, 2.24) is 9.13 Å². The van der Waals surface area contributed by atoms with Gasteiger partial charge in [-0.1, -0.05) is 13.8 Å². The number of hydrogen-bond donors (Lipinski definition) is 0. The van der Waals surface area contributed by atoms with E-state index in [0.717, 1.165) is 32.9 Å². The number of fused-ring (bicyclic) bond motifs is 2. The van der Waals surface area contributed by atoms with E-state index in [2.05, 4.69) is 6.07 Å². The predicted molar refractivity (Wildman–Crippen MR) is 97.3 cm³/mol. The standard InChI is InChI=1S/C17H16N2O3.C2H6/c1-9-6-13(20)18(3)15-11(9)8-12-10(2)7-14(21)19-4-5-22-17(15)16(12)19;1-2/h6-8H,4-5H2,1-3H3;1-2H3. The van der Waals surface area contributed by atoms with Crippen LogP contribution in [0.5, 0.6) is 5.75 Å². The molecule has 2 aromatic heterocycles. The van der Waals surface area contributed by atoms with Crippen molar-refractivity contribution in [2.24, 2.45) is 7.05 Å². The van der Waals surface area contributed by atoms with Crippen molar-refractivity contribution >= 4 is 21.8 Å². The van der Waals surface area contributed by atoms with Crippen molar-refractivity contribution in [3.05, 3.63) is 50.0 Å². The van der Waals surface area contributed by atoms with Gasteiger partial charge in [-0.2, -0.15) is 0 Å². The lowest BCUT2D eigenvalue weighted by Crippen LogP contribution is -2.28. The van der Waals surface area contributed by atoms with Crippen LogP contribution in [0.25, 0.3) is 21.8 Å². The van der Waals surface area contributed by atoms with Gasteiger partial charge in [0.1, 0.15) is 6.61 Å². The van der Waals surface area contributed by atoms with Crippen LogP contribution in [0.4, 0.5) is 0 Å². The summed E-state index contributed by atoms with van der Waals surface area (Å²) in [5.74, 6) is 0.642. The normalized spacial score (nSPS) is 12.7. The maximum atomic E-state index is 12.3. The third-order valence-electron chi connectivity index (χ3n) is 4.52. The van der Waals surface area contributed by atoms with Crippen molar-refractivity contribution in [3.8, 4) is 5.75 Å². The third-order valence-corrected chi connectivity index (χ3v) is 4.52. The Bertz CT molecular complexity index is 1050. The van der Waals surface area contributed by atoms with Crippen molar-refractivity contribution in [2.45, 2.75) is 34.2 Å². The van der Waals surface area contributed by atoms with E-state index < -0.39 is 0 Å². The zero-order valence-electron chi connectivity index (χ0n) is 14.8. The van der Waals surface area contributed by atoms with Gasteiger partial charge >= 0.3 is 0 Å². The van der Waals surface area contributed by atoms with E-state index in [1.807, 2.05) is 27.7 Å². The van der Waals surface area contributed by atoms with Crippen LogP contribution in [-0.2, 0) is 13.6 Å². The van der Waals surface area contributed by atoms with Gasteiger partial charge in [0.25, 0.3) is 11.1 Å². The summed E-state index contributed by atoms with van der Waals surface area (Å²) >= 11 is 0. The summed E-state index contributed by atoms with van der Waals surface area (Å²) in [6.07, 6.45) is 0. The first-order chi connectivity index (χ1) is 11.5. The molecular weight excluding hydrogens is 304 g/mol. The van der Waals surface area contributed by atoms with E-state index in [9.17, 15) is 9.59 Å². The summed E-state index contributed by atoms with van der Waals surface area (Å²) in [4.78, 5) is 24.4. The highest BCUT2D eigenvalue weighted by Crippen LogP contribution is 2.37. The van der Waals surface area contributed by atoms with E-state index in [1.54, 1.807) is 28.3 Å². The van der Waals surface area contributed by atoms with Gasteiger partial charge in [-0.05, 0) is 31.0 Å². The molecule has 5 nitrogen and oxygen atoms in total. The Morgan fingerprint density at radius 1 is 0.917 bits per heavy atom. The van der Waals surface area contributed by atoms with Gasteiger partial charge in [-0.25, -0.2) is 0 Å². The molecule has 0 saturated carbocycles. The summed E-state index contributed by atoms with van der Waals surface area (Å²) in [7, 11) is 1.74. The fraction of sp³-hybridized carbons (Fsp3) is 0.368. The van der Waals surface area contributed by atoms with Crippen molar-refractivity contribution in [2.75, 3.05) is 6.61 Å². The Balaban J connectivity index is 0.000000815. The maximum Gasteiger partial charge on any atom is 0.251 e. The zero-order valence-corrected chi connectivity index (χ0v) is 14.8. The minimum atomic E-state index is -0.0728. The molecule has 0 aliphatic carbocycles. The maximum absolute atomic E-state index is 12.3. The molecule has 0 radical (unpaired) electrons. The molecule has 24 heavy (non-hydrogen) atoms. The van der Waals surface area contributed by atoms with Crippen LogP contribution in [0.1, 0.15) is 25.0 Å². The van der Waals surface area contributed by atoms with Gasteiger partial charge in [0.15, 0.2) is 5.75 Å². The molecule has 1 aliphatic rings. The number of benzene rings is 1. The second-order valence-corrected chi connectivity index (χ2v) is 5.89. The Morgan fingerprint density at radius 3 is 2.17 bits per heavy atom. The molecule has 0 amide bonds. The summed E-state index contributed by atoms with van der Waals surface area (Å²) in [5.41, 5.74) is 3.31. The Hall–Kier alpha value is -2.56. The monoisotopic (exact) mass is 326 g/mol. The summed E-state index contributed by atoms with van der Waals surface area (Å²) in [5, 5.41) is 1.99. The molecule has 126 valence electrons. The summed E-state index contributed by atoms with van der Waals surface area (Å²) in [6.45, 7) is 8.83. The Labute approximate surface area is 140 Å². The molecule has 0 fully saturated rings. The minimum absolute atomic E-state index is 0.0217. The zero-order chi connectivity index (χ0) is 17.6. The van der Waals surface area contributed by atoms with E-state index in [0.29, 0.717) is 18.9 Å². The van der Waals surface area contributed by atoms with Gasteiger partial charge in [0, 0.05) is 30.0 Å². The van der Waals surface area contributed by atoms with Crippen LogP contribution in [0, 0.1) is 13.8 Å². The number of ether oxygens (including phenoxy) is 1. The lowest BCUT2D eigenvalue weighted by molar-refractivity contribution is 0.286. The number of rotatable bonds is 0. The minimum Gasteiger partial charge on any atom is -0.487 e. The second kappa shape index (κ2) is 5.82. The fourth-order valence-corrected chi connectivity index (χ4v) is 3.36. The van der Waals surface area contributed by atoms with E-state index in [-0.39, 0.29) is 11.1 Å². The highest BCUT2D eigenvalue weighted by Gasteiger charge is 2.21. The molecule has 1 aromatic carbocycles. The number of pyridine rings is 2. The summed E-state index contributed by atoms with van der Waals surface area (Å²) < 4.78 is 9.23. The molecule has 0 saturated heterocycles. The van der Waals surface area contributed by atoms with Crippen molar-refractivity contribution in [1.29, 1.82) is 0 Å². The van der Waals surface area contributed by atoms with E-state index >= 15 is 0 Å². The van der Waals surface area contributed by atoms with Crippen LogP contribution < -0.4 is 15.9 Å². The lowest BCUT2D eigenvalue weighted by atomic mass is 10.0. The van der Waals surface area contributed by atoms with Gasteiger partial charge in [0.05, 0.1) is 17.6 Å². The van der Waals surface area contributed by atoms with Gasteiger partial charge in [-0.15, -0.1) is 0 Å². The van der Waals surface area contributed by atoms with Crippen molar-refractivity contribution < 1.29 is 4.74 Å². The molecule has 3 aromatic rings. The van der Waals surface area contributed by atoms with Crippen LogP contribution >= 0.6 is 0 Å². The Kier molecular flexibility index (Phi) is 3.95. The number of aryl methyl sites for hydroxylation is 3. The predicted octanol–water partition coefficient (Wildman–Crippen LogP) is 2.89. The topological polar surface area (TPSA) is 53.2 Å². The van der Waals surface area contributed by atoms with Gasteiger partial charge < -0.3 is 13.9 Å². The molecule has 1 aliphatic heterocycles. The average molecular weight is 326 g/mol. The molecule has 0 unspecified atom stereocenters. The van der Waals surface area contributed by atoms with Gasteiger partial charge in [-0.3, -0.25) is 9.59 Å². The van der Waals surface area contributed by atoms with Crippen LogP contribution in [-0.4, -0.2) is 15.7 Å². The van der Waals surface area contributed by atoms with E-state index in [4.69, 9.17) is 4.74 Å². The largest absolute Gasteiger partial charge is 0.487 e. The number of aromatic nitrogens is 2. The highest BCUT2D eigenvalue weighted by atomic mass is 16.5. The smallest absolute Gasteiger partial charge is 0.251 e. The van der Waals surface area contributed by atoms with E-state index in [1.165, 1.54) is 0 Å². The van der Waals surface area contributed by atoms with Crippen LogP contribution in [0.3, 0.4) is 0 Å². The molecule has 5 heteroatoms. The molecule has 4 rings (SSSR count). The molecular formula is C19H22N2O3. The molecule has 0 atom stereocenters. The first kappa shape index (κ1) is 16.3. The van der Waals surface area contributed by atoms with Crippen molar-refractivity contribution in [3.63, 3.8) is 0 Å². The fourth-order valence-electron chi connectivity index (χ4n) is 3.36. The first-order valence-electron chi connectivity index (χ1n) is 8.29. The second-order valence-electron chi connectivity index (χ2n) is 5.89. The van der Waals surface area contributed by atoms with Crippen LogP contribution in [0.15, 0.2) is 27.8 Å². The molecule has 0 N–H and O–H groups in total. The number of nitrogens with zero attached hydrogens (tertiary/aromatic N) is 2. The Morgan fingerprint density at radius 2 is 1.50 bits per heavy atom. The summed E-state index contributed by atoms with van der Waals surface area (Å²) in [6, 6.07) is 5.36. The molecule has 0 spiro atoms. The quantitative estimate of drug-likeness (QED) is 0.597. The SMILES string of the molecule is CC.Cc1cc(=O)n(C)c2c3c4c(cc12)c(C)cc(=O)n4CCO3. The van der Waals surface area contributed by atoms with Crippen LogP contribution in [0.2, 0.25) is 0 Å². The average Bonchev–Trinajstić information content (AvgIpc) is 2.58. The third kappa shape index (κ3) is 2.15. The molecule has 0 bridgehead atoms.